The molecule has 0 saturated heterocycles. The molecule has 1 aromatic heterocycles. The average molecular weight is 482 g/mol. The van der Waals surface area contributed by atoms with Gasteiger partial charge in [0.15, 0.2) is 0 Å². The molecule has 0 bridgehead atoms. The second-order valence-electron chi connectivity index (χ2n) is 7.13. The van der Waals surface area contributed by atoms with Gasteiger partial charge < -0.3 is 0 Å². The van der Waals surface area contributed by atoms with E-state index in [0.717, 1.165) is 29.2 Å². The molecule has 170 valence electrons. The van der Waals surface area contributed by atoms with E-state index < -0.39 is 23.4 Å². The standard InChI is InChI=1S/C25H15ClF3N3O2/c26-19-8-4-7-17(15-19)21-13-14-30-24(31-21)32(20-11-9-18(10-12-20)25(27,28)29)23(34)22(33)16-5-2-1-3-6-16/h1-15H. The van der Waals surface area contributed by atoms with Crippen molar-refractivity contribution in [2.24, 2.45) is 0 Å². The van der Waals surface area contributed by atoms with E-state index in [0.29, 0.717) is 16.3 Å². The van der Waals surface area contributed by atoms with Crippen molar-refractivity contribution in [3.63, 3.8) is 0 Å². The van der Waals surface area contributed by atoms with Crippen molar-refractivity contribution in [2.75, 3.05) is 4.90 Å². The molecule has 0 aliphatic carbocycles. The number of amides is 1. The van der Waals surface area contributed by atoms with Crippen LogP contribution in [-0.4, -0.2) is 21.7 Å². The van der Waals surface area contributed by atoms with Crippen molar-refractivity contribution < 1.29 is 22.8 Å². The van der Waals surface area contributed by atoms with Gasteiger partial charge in [0.25, 0.3) is 5.78 Å². The summed E-state index contributed by atoms with van der Waals surface area (Å²) in [4.78, 5) is 35.6. The maximum atomic E-state index is 13.3. The van der Waals surface area contributed by atoms with Crippen molar-refractivity contribution in [1.82, 2.24) is 9.97 Å². The molecule has 0 aliphatic heterocycles. The normalized spacial score (nSPS) is 11.2. The lowest BCUT2D eigenvalue weighted by molar-refractivity contribution is -0.137. The first-order valence-electron chi connectivity index (χ1n) is 9.94. The Morgan fingerprint density at radius 2 is 1.56 bits per heavy atom. The first-order valence-corrected chi connectivity index (χ1v) is 10.3. The molecule has 0 fully saturated rings. The molecular formula is C25H15ClF3N3O2. The molecule has 0 saturated carbocycles. The number of nitrogens with zero attached hydrogens (tertiary/aromatic N) is 3. The number of Topliss-reactive ketones (excluding diaryl/α,β-unsaturated/α-hetero) is 1. The highest BCUT2D eigenvalue weighted by Gasteiger charge is 2.32. The number of halogens is 4. The predicted octanol–water partition coefficient (Wildman–Crippen LogP) is 6.36. The minimum atomic E-state index is -4.56. The van der Waals surface area contributed by atoms with Crippen molar-refractivity contribution in [3.8, 4) is 11.3 Å². The fourth-order valence-electron chi connectivity index (χ4n) is 3.20. The SMILES string of the molecule is O=C(C(=O)N(c1ccc(C(F)(F)F)cc1)c1nccc(-c2cccc(Cl)c2)n1)c1ccccc1. The molecule has 0 aliphatic rings. The lowest BCUT2D eigenvalue weighted by Crippen LogP contribution is -2.34. The molecule has 0 atom stereocenters. The number of rotatable bonds is 5. The smallest absolute Gasteiger partial charge is 0.283 e. The lowest BCUT2D eigenvalue weighted by Gasteiger charge is -2.21. The summed E-state index contributed by atoms with van der Waals surface area (Å²) in [5, 5.41) is 0.465. The van der Waals surface area contributed by atoms with Gasteiger partial charge in [0.1, 0.15) is 0 Å². The minimum Gasteiger partial charge on any atom is -0.283 e. The van der Waals surface area contributed by atoms with Gasteiger partial charge in [-0.2, -0.15) is 13.2 Å². The van der Waals surface area contributed by atoms with Crippen LogP contribution in [0.5, 0.6) is 0 Å². The summed E-state index contributed by atoms with van der Waals surface area (Å²) < 4.78 is 39.2. The number of carbonyl (C=O) groups excluding carboxylic acids is 2. The van der Waals surface area contributed by atoms with E-state index in [-0.39, 0.29) is 17.2 Å². The zero-order chi connectivity index (χ0) is 24.3. The number of benzene rings is 3. The average Bonchev–Trinajstić information content (AvgIpc) is 2.84. The maximum absolute atomic E-state index is 13.3. The van der Waals surface area contributed by atoms with Crippen molar-refractivity contribution in [1.29, 1.82) is 0 Å². The number of hydrogen-bond acceptors (Lipinski definition) is 4. The Labute approximate surface area is 197 Å². The lowest BCUT2D eigenvalue weighted by atomic mass is 10.1. The van der Waals surface area contributed by atoms with Gasteiger partial charge in [-0.1, -0.05) is 54.1 Å². The van der Waals surface area contributed by atoms with Crippen LogP contribution in [0.15, 0.2) is 91.1 Å². The monoisotopic (exact) mass is 481 g/mol. The van der Waals surface area contributed by atoms with E-state index in [1.54, 1.807) is 48.5 Å². The molecule has 5 nitrogen and oxygen atoms in total. The van der Waals surface area contributed by atoms with Crippen LogP contribution in [0.1, 0.15) is 15.9 Å². The molecule has 1 heterocycles. The van der Waals surface area contributed by atoms with Crippen LogP contribution < -0.4 is 4.90 Å². The van der Waals surface area contributed by atoms with Gasteiger partial charge in [-0.15, -0.1) is 0 Å². The maximum Gasteiger partial charge on any atom is 0.416 e. The second kappa shape index (κ2) is 9.44. The van der Waals surface area contributed by atoms with E-state index in [4.69, 9.17) is 11.6 Å². The predicted molar refractivity (Wildman–Crippen MR) is 122 cm³/mol. The summed E-state index contributed by atoms with van der Waals surface area (Å²) in [5.74, 6) is -2.06. The summed E-state index contributed by atoms with van der Waals surface area (Å²) in [6.45, 7) is 0. The number of carbonyl (C=O) groups is 2. The van der Waals surface area contributed by atoms with E-state index in [1.165, 1.54) is 18.3 Å². The Hall–Kier alpha value is -4.04. The third-order valence-corrected chi connectivity index (χ3v) is 5.08. The molecule has 4 aromatic rings. The molecular weight excluding hydrogens is 467 g/mol. The van der Waals surface area contributed by atoms with Gasteiger partial charge >= 0.3 is 12.1 Å². The van der Waals surface area contributed by atoms with E-state index in [9.17, 15) is 22.8 Å². The summed E-state index contributed by atoms with van der Waals surface area (Å²) in [6, 6.07) is 20.0. The first-order chi connectivity index (χ1) is 16.2. The third-order valence-electron chi connectivity index (χ3n) is 4.85. The number of hydrogen-bond donors (Lipinski definition) is 0. The van der Waals surface area contributed by atoms with Crippen LogP contribution in [0.2, 0.25) is 5.02 Å². The second-order valence-corrected chi connectivity index (χ2v) is 7.57. The Morgan fingerprint density at radius 1 is 0.853 bits per heavy atom. The first kappa shape index (κ1) is 23.1. The van der Waals surface area contributed by atoms with Gasteiger partial charge in [0.05, 0.1) is 16.9 Å². The van der Waals surface area contributed by atoms with Gasteiger partial charge in [-0.25, -0.2) is 14.9 Å². The van der Waals surface area contributed by atoms with Crippen molar-refractivity contribution in [2.45, 2.75) is 6.18 Å². The van der Waals surface area contributed by atoms with E-state index in [1.807, 2.05) is 0 Å². The molecule has 4 rings (SSSR count). The molecule has 0 N–H and O–H groups in total. The van der Waals surface area contributed by atoms with E-state index in [2.05, 4.69) is 9.97 Å². The topological polar surface area (TPSA) is 63.2 Å². The molecule has 34 heavy (non-hydrogen) atoms. The summed E-state index contributed by atoms with van der Waals surface area (Å²) in [5.41, 5.74) is 0.266. The number of alkyl halides is 3. The highest BCUT2D eigenvalue weighted by molar-refractivity contribution is 6.48. The molecule has 0 spiro atoms. The Kier molecular flexibility index (Phi) is 6.43. The largest absolute Gasteiger partial charge is 0.416 e. The van der Waals surface area contributed by atoms with Crippen LogP contribution in [0, 0.1) is 0 Å². The third kappa shape index (κ3) is 4.97. The fraction of sp³-hybridized carbons (Fsp3) is 0.0400. The highest BCUT2D eigenvalue weighted by Crippen LogP contribution is 2.32. The zero-order valence-electron chi connectivity index (χ0n) is 17.3. The Morgan fingerprint density at radius 3 is 2.21 bits per heavy atom. The van der Waals surface area contributed by atoms with Crippen LogP contribution in [0.4, 0.5) is 24.8 Å². The van der Waals surface area contributed by atoms with Gasteiger partial charge in [-0.05, 0) is 42.5 Å². The fourth-order valence-corrected chi connectivity index (χ4v) is 3.39. The Balaban J connectivity index is 1.80. The Bertz CT molecular complexity index is 1340. The minimum absolute atomic E-state index is 0.00512. The molecule has 9 heteroatoms. The van der Waals surface area contributed by atoms with Crippen molar-refractivity contribution in [3.05, 3.63) is 107 Å². The van der Waals surface area contributed by atoms with Gasteiger partial charge in [-0.3, -0.25) is 9.59 Å². The highest BCUT2D eigenvalue weighted by atomic mass is 35.5. The van der Waals surface area contributed by atoms with E-state index >= 15 is 0 Å². The van der Waals surface area contributed by atoms with Crippen molar-refractivity contribution >= 4 is 34.9 Å². The molecule has 3 aromatic carbocycles. The zero-order valence-corrected chi connectivity index (χ0v) is 18.1. The number of anilines is 2. The summed E-state index contributed by atoms with van der Waals surface area (Å²) in [7, 11) is 0. The van der Waals surface area contributed by atoms with Crippen LogP contribution in [0.25, 0.3) is 11.3 Å². The number of aromatic nitrogens is 2. The molecule has 0 unspecified atom stereocenters. The summed E-state index contributed by atoms with van der Waals surface area (Å²) >= 11 is 6.06. The number of ketones is 1. The van der Waals surface area contributed by atoms with Crippen LogP contribution in [-0.2, 0) is 11.0 Å². The van der Waals surface area contributed by atoms with Gasteiger partial charge in [0.2, 0.25) is 5.95 Å². The van der Waals surface area contributed by atoms with Gasteiger partial charge in [0, 0.05) is 22.3 Å². The quantitative estimate of drug-likeness (QED) is 0.246. The van der Waals surface area contributed by atoms with Crippen LogP contribution >= 0.6 is 11.6 Å². The van der Waals surface area contributed by atoms with Crippen LogP contribution in [0.3, 0.4) is 0 Å². The summed E-state index contributed by atoms with van der Waals surface area (Å²) in [6.07, 6.45) is -3.17. The molecule has 0 radical (unpaired) electrons. The molecule has 1 amide bonds.